The van der Waals surface area contributed by atoms with E-state index >= 15 is 0 Å². The van der Waals surface area contributed by atoms with Gasteiger partial charge in [0, 0.05) is 0 Å². The van der Waals surface area contributed by atoms with Gasteiger partial charge in [-0.15, -0.1) is 0 Å². The summed E-state index contributed by atoms with van der Waals surface area (Å²) < 4.78 is 31.1. The van der Waals surface area contributed by atoms with Crippen LogP contribution in [-0.2, 0) is 19.4 Å². The van der Waals surface area contributed by atoms with Crippen LogP contribution in [-0.4, -0.2) is 26.2 Å². The quantitative estimate of drug-likeness (QED) is 0.684. The molecule has 2 rings (SSSR count). The molecule has 2 aromatic rings. The van der Waals surface area contributed by atoms with Crippen LogP contribution in [0.3, 0.4) is 0 Å². The molecule has 0 spiro atoms. The third kappa shape index (κ3) is 5.05. The number of sulfone groups is 1. The third-order valence-corrected chi connectivity index (χ3v) is 6.03. The summed E-state index contributed by atoms with van der Waals surface area (Å²) in [5, 5.41) is -1.26. The van der Waals surface area contributed by atoms with Gasteiger partial charge in [0.25, 0.3) is 0 Å². The summed E-state index contributed by atoms with van der Waals surface area (Å²) in [5.41, 5.74) is 2.71. The standard InChI is InChI=1S/C21H24O4S/c1-4-25-21(22)20(15-17(3)14-18-8-6-5-7-9-18)26(23,24)19-12-10-16(2)11-13-19/h5-14,20H,4,15H2,1-3H3. The highest BCUT2D eigenvalue weighted by molar-refractivity contribution is 7.92. The number of hydrogen-bond acceptors (Lipinski definition) is 4. The molecule has 0 amide bonds. The number of carbonyl (C=O) groups excluding carboxylic acids is 1. The molecule has 5 heteroatoms. The molecule has 138 valence electrons. The van der Waals surface area contributed by atoms with Crippen molar-refractivity contribution in [2.24, 2.45) is 0 Å². The van der Waals surface area contributed by atoms with Crippen molar-refractivity contribution in [1.82, 2.24) is 0 Å². The fourth-order valence-corrected chi connectivity index (χ4v) is 4.28. The van der Waals surface area contributed by atoms with Crippen LogP contribution in [0.4, 0.5) is 0 Å². The minimum atomic E-state index is -3.84. The second-order valence-electron chi connectivity index (χ2n) is 6.20. The summed E-state index contributed by atoms with van der Waals surface area (Å²) in [6.07, 6.45) is 1.97. The zero-order valence-electron chi connectivity index (χ0n) is 15.3. The Kier molecular flexibility index (Phi) is 6.75. The average Bonchev–Trinajstić information content (AvgIpc) is 2.61. The second-order valence-corrected chi connectivity index (χ2v) is 8.33. The van der Waals surface area contributed by atoms with Crippen LogP contribution in [0.2, 0.25) is 0 Å². The third-order valence-electron chi connectivity index (χ3n) is 3.99. The molecule has 0 aliphatic carbocycles. The first kappa shape index (κ1) is 19.9. The fraction of sp³-hybridized carbons (Fsp3) is 0.286. The molecule has 0 heterocycles. The number of hydrogen-bond donors (Lipinski definition) is 0. The van der Waals surface area contributed by atoms with Crippen molar-refractivity contribution in [3.8, 4) is 0 Å². The zero-order chi connectivity index (χ0) is 19.2. The molecular formula is C21H24O4S. The largest absolute Gasteiger partial charge is 0.465 e. The molecule has 1 unspecified atom stereocenters. The Morgan fingerprint density at radius 1 is 1.08 bits per heavy atom. The maximum atomic E-state index is 13.0. The van der Waals surface area contributed by atoms with Crippen LogP contribution in [0.25, 0.3) is 6.08 Å². The minimum absolute atomic E-state index is 0.0872. The van der Waals surface area contributed by atoms with E-state index < -0.39 is 21.1 Å². The first-order valence-electron chi connectivity index (χ1n) is 8.54. The molecule has 0 bridgehead atoms. The van der Waals surface area contributed by atoms with Crippen LogP contribution >= 0.6 is 0 Å². The molecule has 0 saturated heterocycles. The lowest BCUT2D eigenvalue weighted by Crippen LogP contribution is -2.32. The normalized spacial score (nSPS) is 13.3. The number of benzene rings is 2. The van der Waals surface area contributed by atoms with E-state index in [4.69, 9.17) is 4.74 Å². The second kappa shape index (κ2) is 8.81. The number of allylic oxidation sites excluding steroid dienone is 1. The van der Waals surface area contributed by atoms with Crippen molar-refractivity contribution >= 4 is 21.9 Å². The number of esters is 1. The Hall–Kier alpha value is -2.40. The molecule has 0 fully saturated rings. The number of carbonyl (C=O) groups is 1. The number of aryl methyl sites for hydroxylation is 1. The number of rotatable bonds is 7. The fourth-order valence-electron chi connectivity index (χ4n) is 2.63. The lowest BCUT2D eigenvalue weighted by molar-refractivity contribution is -0.142. The topological polar surface area (TPSA) is 60.4 Å². The first-order chi connectivity index (χ1) is 12.3. The molecular weight excluding hydrogens is 348 g/mol. The van der Waals surface area contributed by atoms with Gasteiger partial charge in [0.05, 0.1) is 11.5 Å². The van der Waals surface area contributed by atoms with Gasteiger partial charge in [-0.1, -0.05) is 59.7 Å². The van der Waals surface area contributed by atoms with Crippen LogP contribution in [0.15, 0.2) is 65.1 Å². The molecule has 0 N–H and O–H groups in total. The van der Waals surface area contributed by atoms with Gasteiger partial charge in [0.2, 0.25) is 0 Å². The van der Waals surface area contributed by atoms with E-state index in [0.29, 0.717) is 0 Å². The molecule has 1 atom stereocenters. The van der Waals surface area contributed by atoms with E-state index in [-0.39, 0.29) is 17.9 Å². The van der Waals surface area contributed by atoms with E-state index in [9.17, 15) is 13.2 Å². The van der Waals surface area contributed by atoms with E-state index in [1.807, 2.05) is 50.3 Å². The highest BCUT2D eigenvalue weighted by Gasteiger charge is 2.35. The van der Waals surface area contributed by atoms with Crippen molar-refractivity contribution in [3.63, 3.8) is 0 Å². The molecule has 2 aromatic carbocycles. The van der Waals surface area contributed by atoms with Crippen molar-refractivity contribution in [3.05, 3.63) is 71.3 Å². The van der Waals surface area contributed by atoms with Gasteiger partial charge in [0.1, 0.15) is 0 Å². The van der Waals surface area contributed by atoms with Gasteiger partial charge in [-0.2, -0.15) is 0 Å². The molecule has 0 aliphatic heterocycles. The monoisotopic (exact) mass is 372 g/mol. The van der Waals surface area contributed by atoms with E-state index in [0.717, 1.165) is 16.7 Å². The van der Waals surface area contributed by atoms with E-state index in [1.165, 1.54) is 12.1 Å². The summed E-state index contributed by atoms with van der Waals surface area (Å²) >= 11 is 0. The first-order valence-corrected chi connectivity index (χ1v) is 10.1. The van der Waals surface area contributed by atoms with Crippen LogP contribution in [0.5, 0.6) is 0 Å². The predicted molar refractivity (Wildman–Crippen MR) is 103 cm³/mol. The highest BCUT2D eigenvalue weighted by atomic mass is 32.2. The van der Waals surface area contributed by atoms with Gasteiger partial charge >= 0.3 is 5.97 Å². The van der Waals surface area contributed by atoms with Crippen LogP contribution in [0, 0.1) is 6.92 Å². The van der Waals surface area contributed by atoms with Crippen molar-refractivity contribution in [2.75, 3.05) is 6.61 Å². The smallest absolute Gasteiger partial charge is 0.325 e. The van der Waals surface area contributed by atoms with Crippen molar-refractivity contribution in [1.29, 1.82) is 0 Å². The minimum Gasteiger partial charge on any atom is -0.465 e. The van der Waals surface area contributed by atoms with Crippen molar-refractivity contribution < 1.29 is 17.9 Å². The SMILES string of the molecule is CCOC(=O)C(CC(C)=Cc1ccccc1)S(=O)(=O)c1ccc(C)cc1. The van der Waals surface area contributed by atoms with Gasteiger partial charge < -0.3 is 4.74 Å². The summed E-state index contributed by atoms with van der Waals surface area (Å²) in [6.45, 7) is 5.51. The van der Waals surface area contributed by atoms with Gasteiger partial charge in [-0.25, -0.2) is 8.42 Å². The maximum absolute atomic E-state index is 13.0. The summed E-state index contributed by atoms with van der Waals surface area (Å²) in [5.74, 6) is -0.714. The van der Waals surface area contributed by atoms with Gasteiger partial charge in [-0.05, 0) is 44.9 Å². The molecule has 0 aliphatic rings. The lowest BCUT2D eigenvalue weighted by Gasteiger charge is -2.17. The Morgan fingerprint density at radius 3 is 2.27 bits per heavy atom. The molecule has 0 aromatic heterocycles. The Labute approximate surface area is 155 Å². The lowest BCUT2D eigenvalue weighted by atomic mass is 10.1. The average molecular weight is 372 g/mol. The van der Waals surface area contributed by atoms with Gasteiger partial charge in [-0.3, -0.25) is 4.79 Å². The molecule has 0 radical (unpaired) electrons. The summed E-state index contributed by atoms with van der Waals surface area (Å²) in [6, 6.07) is 16.1. The Bertz CT molecular complexity index is 866. The van der Waals surface area contributed by atoms with Crippen LogP contribution < -0.4 is 0 Å². The maximum Gasteiger partial charge on any atom is 0.325 e. The Morgan fingerprint density at radius 2 is 1.69 bits per heavy atom. The molecule has 4 nitrogen and oxygen atoms in total. The summed E-state index contributed by atoms with van der Waals surface area (Å²) in [4.78, 5) is 12.5. The Balaban J connectivity index is 2.35. The molecule has 26 heavy (non-hydrogen) atoms. The summed E-state index contributed by atoms with van der Waals surface area (Å²) in [7, 11) is -3.84. The van der Waals surface area contributed by atoms with Gasteiger partial charge in [0.15, 0.2) is 15.1 Å². The molecule has 0 saturated carbocycles. The number of ether oxygens (including phenoxy) is 1. The van der Waals surface area contributed by atoms with E-state index in [2.05, 4.69) is 0 Å². The van der Waals surface area contributed by atoms with E-state index in [1.54, 1.807) is 19.1 Å². The highest BCUT2D eigenvalue weighted by Crippen LogP contribution is 2.24. The van der Waals surface area contributed by atoms with Crippen molar-refractivity contribution in [2.45, 2.75) is 37.3 Å². The predicted octanol–water partition coefficient (Wildman–Crippen LogP) is 4.19. The van der Waals surface area contributed by atoms with Crippen LogP contribution in [0.1, 0.15) is 31.4 Å². The zero-order valence-corrected chi connectivity index (χ0v) is 16.1.